The van der Waals surface area contributed by atoms with E-state index in [9.17, 15) is 17.6 Å². The third-order valence-electron chi connectivity index (χ3n) is 3.80. The second kappa shape index (κ2) is 6.64. The van der Waals surface area contributed by atoms with Crippen LogP contribution >= 0.6 is 15.9 Å². The van der Waals surface area contributed by atoms with Crippen molar-refractivity contribution in [2.45, 2.75) is 18.5 Å². The summed E-state index contributed by atoms with van der Waals surface area (Å²) in [6, 6.07) is 6.92. The number of sulfonamides is 1. The van der Waals surface area contributed by atoms with Gasteiger partial charge in [0, 0.05) is 17.6 Å². The molecule has 1 aromatic rings. The molecule has 122 valence electrons. The smallest absolute Gasteiger partial charge is 0.322 e. The number of ether oxygens (including phenoxy) is 1. The molecular formula is C14H17BrFNO4S. The standard InChI is InChI=1S/C14H17BrFNO4S/c1-21-13(18)10-22(19,20)17-8-6-14(16,7-9-17)11-2-4-12(15)5-3-11/h2-5H,6-10H2,1H3. The van der Waals surface area contributed by atoms with Crippen LogP contribution in [0.25, 0.3) is 0 Å². The maximum Gasteiger partial charge on any atom is 0.322 e. The van der Waals surface area contributed by atoms with E-state index >= 15 is 0 Å². The molecule has 0 unspecified atom stereocenters. The summed E-state index contributed by atoms with van der Waals surface area (Å²) in [5.74, 6) is -1.52. The molecule has 0 spiro atoms. The van der Waals surface area contributed by atoms with Crippen molar-refractivity contribution < 1.29 is 22.3 Å². The Morgan fingerprint density at radius 2 is 1.86 bits per heavy atom. The molecule has 1 heterocycles. The Hall–Kier alpha value is -0.990. The van der Waals surface area contributed by atoms with E-state index in [0.717, 1.165) is 15.9 Å². The molecule has 5 nitrogen and oxygen atoms in total. The van der Waals surface area contributed by atoms with Crippen LogP contribution in [0.2, 0.25) is 0 Å². The second-order valence-electron chi connectivity index (χ2n) is 5.20. The zero-order valence-electron chi connectivity index (χ0n) is 12.1. The van der Waals surface area contributed by atoms with Crippen molar-refractivity contribution in [3.63, 3.8) is 0 Å². The summed E-state index contributed by atoms with van der Waals surface area (Å²) in [7, 11) is -2.62. The first-order valence-electron chi connectivity index (χ1n) is 6.76. The Morgan fingerprint density at radius 1 is 1.32 bits per heavy atom. The largest absolute Gasteiger partial charge is 0.468 e. The summed E-state index contributed by atoms with van der Waals surface area (Å²) in [5.41, 5.74) is -1.00. The number of benzene rings is 1. The lowest BCUT2D eigenvalue weighted by Crippen LogP contribution is -2.45. The van der Waals surface area contributed by atoms with E-state index < -0.39 is 27.4 Å². The number of esters is 1. The van der Waals surface area contributed by atoms with Crippen LogP contribution in [0.4, 0.5) is 4.39 Å². The summed E-state index contributed by atoms with van der Waals surface area (Å²) in [6.45, 7) is 0.0950. The van der Waals surface area contributed by atoms with Gasteiger partial charge in [-0.2, -0.15) is 0 Å². The maximum absolute atomic E-state index is 15.0. The van der Waals surface area contributed by atoms with E-state index in [2.05, 4.69) is 20.7 Å². The first-order valence-corrected chi connectivity index (χ1v) is 9.17. The third-order valence-corrected chi connectivity index (χ3v) is 6.08. The molecule has 0 radical (unpaired) electrons. The van der Waals surface area contributed by atoms with Gasteiger partial charge in [0.2, 0.25) is 10.0 Å². The Balaban J connectivity index is 2.06. The van der Waals surface area contributed by atoms with Gasteiger partial charge in [0.1, 0.15) is 5.67 Å². The molecule has 0 bridgehead atoms. The molecule has 1 saturated heterocycles. The highest BCUT2D eigenvalue weighted by Gasteiger charge is 2.40. The van der Waals surface area contributed by atoms with Crippen molar-refractivity contribution in [1.82, 2.24) is 4.31 Å². The first kappa shape index (κ1) is 17.4. The van der Waals surface area contributed by atoms with Crippen LogP contribution in [0.15, 0.2) is 28.7 Å². The van der Waals surface area contributed by atoms with E-state index in [0.29, 0.717) is 5.56 Å². The van der Waals surface area contributed by atoms with E-state index in [4.69, 9.17) is 0 Å². The highest BCUT2D eigenvalue weighted by molar-refractivity contribution is 9.10. The van der Waals surface area contributed by atoms with Gasteiger partial charge >= 0.3 is 5.97 Å². The van der Waals surface area contributed by atoms with Crippen molar-refractivity contribution >= 4 is 31.9 Å². The normalized spacial score (nSPS) is 18.9. The van der Waals surface area contributed by atoms with Crippen molar-refractivity contribution in [1.29, 1.82) is 0 Å². The lowest BCUT2D eigenvalue weighted by molar-refractivity contribution is -0.137. The van der Waals surface area contributed by atoms with Gasteiger partial charge in [-0.25, -0.2) is 17.1 Å². The summed E-state index contributed by atoms with van der Waals surface area (Å²) in [5, 5.41) is 0. The minimum Gasteiger partial charge on any atom is -0.468 e. The van der Waals surface area contributed by atoms with E-state index in [1.165, 1.54) is 0 Å². The van der Waals surface area contributed by atoms with Crippen molar-refractivity contribution in [3.05, 3.63) is 34.3 Å². The van der Waals surface area contributed by atoms with Gasteiger partial charge in [0.15, 0.2) is 5.75 Å². The average molecular weight is 394 g/mol. The average Bonchev–Trinajstić information content (AvgIpc) is 2.47. The van der Waals surface area contributed by atoms with Gasteiger partial charge in [0.25, 0.3) is 0 Å². The highest BCUT2D eigenvalue weighted by atomic mass is 79.9. The van der Waals surface area contributed by atoms with E-state index in [1.54, 1.807) is 24.3 Å². The summed E-state index contributed by atoms with van der Waals surface area (Å²) >= 11 is 3.30. The molecule has 0 amide bonds. The molecule has 2 rings (SSSR count). The number of alkyl halides is 1. The number of methoxy groups -OCH3 is 1. The molecule has 22 heavy (non-hydrogen) atoms. The number of hydrogen-bond donors (Lipinski definition) is 0. The van der Waals surface area contributed by atoms with Crippen molar-refractivity contribution in [2.24, 2.45) is 0 Å². The zero-order chi connectivity index (χ0) is 16.4. The van der Waals surface area contributed by atoms with Crippen LogP contribution < -0.4 is 0 Å². The van der Waals surface area contributed by atoms with Crippen LogP contribution in [0, 0.1) is 0 Å². The predicted molar refractivity (Wildman–Crippen MR) is 83.5 cm³/mol. The highest BCUT2D eigenvalue weighted by Crippen LogP contribution is 2.38. The Kier molecular flexibility index (Phi) is 5.24. The van der Waals surface area contributed by atoms with Crippen LogP contribution in [0.3, 0.4) is 0 Å². The van der Waals surface area contributed by atoms with Gasteiger partial charge in [0.05, 0.1) is 7.11 Å². The van der Waals surface area contributed by atoms with Gasteiger partial charge in [-0.1, -0.05) is 28.1 Å². The molecule has 0 saturated carbocycles. The molecule has 0 aliphatic carbocycles. The molecule has 1 fully saturated rings. The molecular weight excluding hydrogens is 377 g/mol. The third kappa shape index (κ3) is 3.85. The second-order valence-corrected chi connectivity index (χ2v) is 8.09. The molecule has 0 atom stereocenters. The fraction of sp³-hybridized carbons (Fsp3) is 0.500. The molecule has 8 heteroatoms. The van der Waals surface area contributed by atoms with E-state index in [-0.39, 0.29) is 25.9 Å². The lowest BCUT2D eigenvalue weighted by atomic mass is 9.87. The molecule has 1 aliphatic heterocycles. The number of carbonyl (C=O) groups excluding carboxylic acids is 1. The van der Waals surface area contributed by atoms with Gasteiger partial charge < -0.3 is 4.74 Å². The van der Waals surface area contributed by atoms with Gasteiger partial charge in [-0.05, 0) is 30.5 Å². The molecule has 1 aliphatic rings. The van der Waals surface area contributed by atoms with E-state index in [1.807, 2.05) is 0 Å². The van der Waals surface area contributed by atoms with Gasteiger partial charge in [-0.15, -0.1) is 0 Å². The van der Waals surface area contributed by atoms with Crippen LogP contribution in [-0.2, 0) is 25.2 Å². The summed E-state index contributed by atoms with van der Waals surface area (Å²) in [4.78, 5) is 11.1. The summed E-state index contributed by atoms with van der Waals surface area (Å²) < 4.78 is 45.5. The fourth-order valence-electron chi connectivity index (χ4n) is 2.46. The zero-order valence-corrected chi connectivity index (χ0v) is 14.5. The minimum absolute atomic E-state index is 0.0475. The first-order chi connectivity index (χ1) is 10.3. The molecule has 0 aromatic heterocycles. The number of rotatable bonds is 4. The number of hydrogen-bond acceptors (Lipinski definition) is 4. The minimum atomic E-state index is -3.75. The maximum atomic E-state index is 15.0. The molecule has 0 N–H and O–H groups in total. The van der Waals surface area contributed by atoms with Crippen LogP contribution in [0.5, 0.6) is 0 Å². The van der Waals surface area contributed by atoms with Gasteiger partial charge in [-0.3, -0.25) is 4.79 Å². The number of carbonyl (C=O) groups is 1. The number of halogens is 2. The van der Waals surface area contributed by atoms with Crippen molar-refractivity contribution in [3.8, 4) is 0 Å². The Bertz CT molecular complexity index is 639. The monoisotopic (exact) mass is 393 g/mol. The predicted octanol–water partition coefficient (Wildman–Crippen LogP) is 2.21. The quantitative estimate of drug-likeness (QED) is 0.735. The lowest BCUT2D eigenvalue weighted by Gasteiger charge is -2.35. The topological polar surface area (TPSA) is 63.7 Å². The fourth-order valence-corrected chi connectivity index (χ4v) is 4.06. The van der Waals surface area contributed by atoms with Crippen molar-refractivity contribution in [2.75, 3.05) is 26.0 Å². The Labute approximate surface area is 137 Å². The van der Waals surface area contributed by atoms with Crippen LogP contribution in [-0.4, -0.2) is 44.6 Å². The Morgan fingerprint density at radius 3 is 2.36 bits per heavy atom. The summed E-state index contributed by atoms with van der Waals surface area (Å²) in [6.07, 6.45) is 0.129. The SMILES string of the molecule is COC(=O)CS(=O)(=O)N1CCC(F)(c2ccc(Br)cc2)CC1. The molecule has 1 aromatic carbocycles. The van der Waals surface area contributed by atoms with Crippen LogP contribution in [0.1, 0.15) is 18.4 Å². The number of nitrogens with zero attached hydrogens (tertiary/aromatic N) is 1. The number of piperidine rings is 1.